The van der Waals surface area contributed by atoms with E-state index in [0.29, 0.717) is 22.2 Å². The van der Waals surface area contributed by atoms with Gasteiger partial charge in [0.2, 0.25) is 0 Å². The molecule has 102 valence electrons. The summed E-state index contributed by atoms with van der Waals surface area (Å²) in [7, 11) is 0. The summed E-state index contributed by atoms with van der Waals surface area (Å²) in [6.45, 7) is 3.74. The van der Waals surface area contributed by atoms with E-state index in [-0.39, 0.29) is 5.82 Å². The number of aromatic nitrogens is 2. The van der Waals surface area contributed by atoms with E-state index in [1.807, 2.05) is 26.0 Å². The van der Waals surface area contributed by atoms with Gasteiger partial charge in [0, 0.05) is 28.9 Å². The summed E-state index contributed by atoms with van der Waals surface area (Å²) >= 11 is 0. The van der Waals surface area contributed by atoms with Crippen LogP contribution in [0.1, 0.15) is 16.8 Å². The molecule has 0 saturated carbocycles. The fourth-order valence-electron chi connectivity index (χ4n) is 2.47. The molecule has 0 atom stereocenters. The lowest BCUT2D eigenvalue weighted by molar-refractivity contribution is 0.629. The first kappa shape index (κ1) is 13.2. The lowest BCUT2D eigenvalue weighted by Gasteiger charge is -2.11. The van der Waals surface area contributed by atoms with Crippen molar-refractivity contribution in [3.05, 3.63) is 59.2 Å². The van der Waals surface area contributed by atoms with Crippen LogP contribution in [0.5, 0.6) is 0 Å². The smallest absolute Gasteiger partial charge is 0.125 e. The third-order valence-electron chi connectivity index (χ3n) is 3.57. The number of benzene rings is 1. The Morgan fingerprint density at radius 3 is 2.71 bits per heavy atom. The number of rotatable bonds is 1. The van der Waals surface area contributed by atoms with Crippen LogP contribution >= 0.6 is 0 Å². The van der Waals surface area contributed by atoms with Crippen molar-refractivity contribution in [3.8, 4) is 17.3 Å². The molecule has 0 spiro atoms. The zero-order valence-electron chi connectivity index (χ0n) is 11.7. The van der Waals surface area contributed by atoms with Gasteiger partial charge in [-0.3, -0.25) is 4.98 Å². The predicted octanol–water partition coefficient (Wildman–Crippen LogP) is 3.92. The van der Waals surface area contributed by atoms with Crippen LogP contribution in [-0.4, -0.2) is 9.97 Å². The zero-order chi connectivity index (χ0) is 15.0. The van der Waals surface area contributed by atoms with Gasteiger partial charge in [0.05, 0.1) is 16.8 Å². The fourth-order valence-corrected chi connectivity index (χ4v) is 2.47. The third-order valence-corrected chi connectivity index (χ3v) is 3.57. The van der Waals surface area contributed by atoms with Gasteiger partial charge in [0.1, 0.15) is 11.9 Å². The quantitative estimate of drug-likeness (QED) is 0.677. The lowest BCUT2D eigenvalue weighted by atomic mass is 9.98. The van der Waals surface area contributed by atoms with Crippen LogP contribution in [0.2, 0.25) is 0 Å². The van der Waals surface area contributed by atoms with Gasteiger partial charge in [0.25, 0.3) is 0 Å². The van der Waals surface area contributed by atoms with Crippen molar-refractivity contribution in [1.82, 2.24) is 9.97 Å². The van der Waals surface area contributed by atoms with Crippen molar-refractivity contribution >= 4 is 10.9 Å². The van der Waals surface area contributed by atoms with E-state index < -0.39 is 0 Å². The molecule has 0 amide bonds. The van der Waals surface area contributed by atoms with Gasteiger partial charge in [-0.2, -0.15) is 5.26 Å². The molecule has 0 bridgehead atoms. The molecule has 0 N–H and O–H groups in total. The molecule has 0 aliphatic heterocycles. The highest BCUT2D eigenvalue weighted by Gasteiger charge is 2.15. The Morgan fingerprint density at radius 1 is 1.19 bits per heavy atom. The SMILES string of the molecule is Cc1ncccc1-c1nc2cc(F)ccc2c(C#N)c1C. The number of fused-ring (bicyclic) bond motifs is 1. The molecule has 0 fully saturated rings. The number of nitrogens with zero attached hydrogens (tertiary/aromatic N) is 3. The minimum Gasteiger partial charge on any atom is -0.261 e. The topological polar surface area (TPSA) is 49.6 Å². The molecule has 3 nitrogen and oxygen atoms in total. The summed E-state index contributed by atoms with van der Waals surface area (Å²) in [4.78, 5) is 8.80. The first-order valence-corrected chi connectivity index (χ1v) is 6.53. The van der Waals surface area contributed by atoms with Gasteiger partial charge in [-0.05, 0) is 43.7 Å². The Labute approximate surface area is 121 Å². The van der Waals surface area contributed by atoms with E-state index in [9.17, 15) is 9.65 Å². The van der Waals surface area contributed by atoms with Gasteiger partial charge < -0.3 is 0 Å². The standard InChI is InChI=1S/C17H12FN3/c1-10-15(9-19)14-6-5-12(18)8-16(14)21-17(10)13-4-3-7-20-11(13)2/h3-8H,1-2H3. The van der Waals surface area contributed by atoms with E-state index in [1.165, 1.54) is 12.1 Å². The third kappa shape index (κ3) is 2.13. The number of pyridine rings is 2. The highest BCUT2D eigenvalue weighted by atomic mass is 19.1. The Kier molecular flexibility index (Phi) is 3.11. The van der Waals surface area contributed by atoms with Crippen LogP contribution in [0.4, 0.5) is 4.39 Å². The molecule has 2 heterocycles. The molecule has 21 heavy (non-hydrogen) atoms. The average Bonchev–Trinajstić information content (AvgIpc) is 2.48. The summed E-state index contributed by atoms with van der Waals surface area (Å²) in [6.07, 6.45) is 1.71. The minimum absolute atomic E-state index is 0.364. The Bertz CT molecular complexity index is 894. The summed E-state index contributed by atoms with van der Waals surface area (Å²) in [5.74, 6) is -0.364. The highest BCUT2D eigenvalue weighted by molar-refractivity contribution is 5.89. The number of nitriles is 1. The monoisotopic (exact) mass is 277 g/mol. The van der Waals surface area contributed by atoms with E-state index in [4.69, 9.17) is 0 Å². The Hall–Kier alpha value is -2.80. The molecular weight excluding hydrogens is 265 g/mol. The van der Waals surface area contributed by atoms with Crippen molar-refractivity contribution in [2.45, 2.75) is 13.8 Å². The molecule has 0 aliphatic carbocycles. The van der Waals surface area contributed by atoms with Crippen molar-refractivity contribution < 1.29 is 4.39 Å². The van der Waals surface area contributed by atoms with Crippen LogP contribution in [0.15, 0.2) is 36.5 Å². The number of hydrogen-bond donors (Lipinski definition) is 0. The second kappa shape index (κ2) is 4.95. The highest BCUT2D eigenvalue weighted by Crippen LogP contribution is 2.30. The van der Waals surface area contributed by atoms with Crippen molar-refractivity contribution in [2.24, 2.45) is 0 Å². The van der Waals surface area contributed by atoms with Crippen LogP contribution < -0.4 is 0 Å². The van der Waals surface area contributed by atoms with Crippen molar-refractivity contribution in [3.63, 3.8) is 0 Å². The summed E-state index contributed by atoms with van der Waals surface area (Å²) in [5, 5.41) is 10.1. The second-order valence-electron chi connectivity index (χ2n) is 4.87. The first-order valence-electron chi connectivity index (χ1n) is 6.53. The Morgan fingerprint density at radius 2 is 2.00 bits per heavy atom. The molecular formula is C17H12FN3. The van der Waals surface area contributed by atoms with Crippen LogP contribution in [0.3, 0.4) is 0 Å². The van der Waals surface area contributed by atoms with Gasteiger partial charge in [0.15, 0.2) is 0 Å². The van der Waals surface area contributed by atoms with Gasteiger partial charge in [-0.1, -0.05) is 0 Å². The van der Waals surface area contributed by atoms with Crippen molar-refractivity contribution in [2.75, 3.05) is 0 Å². The normalized spacial score (nSPS) is 10.6. The van der Waals surface area contributed by atoms with Gasteiger partial charge >= 0.3 is 0 Å². The van der Waals surface area contributed by atoms with Crippen molar-refractivity contribution in [1.29, 1.82) is 5.26 Å². The second-order valence-corrected chi connectivity index (χ2v) is 4.87. The fraction of sp³-hybridized carbons (Fsp3) is 0.118. The average molecular weight is 277 g/mol. The minimum atomic E-state index is -0.364. The number of hydrogen-bond acceptors (Lipinski definition) is 3. The number of aryl methyl sites for hydroxylation is 1. The van der Waals surface area contributed by atoms with Crippen LogP contribution in [-0.2, 0) is 0 Å². The lowest BCUT2D eigenvalue weighted by Crippen LogP contribution is -1.98. The van der Waals surface area contributed by atoms with E-state index in [2.05, 4.69) is 16.0 Å². The maximum atomic E-state index is 13.5. The van der Waals surface area contributed by atoms with E-state index in [0.717, 1.165) is 16.8 Å². The predicted molar refractivity (Wildman–Crippen MR) is 79.1 cm³/mol. The molecule has 0 radical (unpaired) electrons. The number of halogens is 1. The molecule has 2 aromatic heterocycles. The summed E-state index contributed by atoms with van der Waals surface area (Å²) < 4.78 is 13.5. The summed E-state index contributed by atoms with van der Waals surface area (Å²) in [6, 6.07) is 10.2. The molecule has 0 aliphatic rings. The van der Waals surface area contributed by atoms with Crippen LogP contribution in [0.25, 0.3) is 22.2 Å². The zero-order valence-corrected chi connectivity index (χ0v) is 11.7. The first-order chi connectivity index (χ1) is 10.1. The molecule has 4 heteroatoms. The maximum absolute atomic E-state index is 13.5. The molecule has 1 aromatic carbocycles. The molecule has 0 saturated heterocycles. The van der Waals surface area contributed by atoms with Gasteiger partial charge in [-0.25, -0.2) is 9.37 Å². The largest absolute Gasteiger partial charge is 0.261 e. The Balaban J connectivity index is 2.42. The molecule has 3 aromatic rings. The maximum Gasteiger partial charge on any atom is 0.125 e. The van der Waals surface area contributed by atoms with E-state index >= 15 is 0 Å². The molecule has 3 rings (SSSR count). The molecule has 0 unspecified atom stereocenters. The van der Waals surface area contributed by atoms with E-state index in [1.54, 1.807) is 12.3 Å². The van der Waals surface area contributed by atoms with Crippen LogP contribution in [0, 0.1) is 31.0 Å². The summed E-state index contributed by atoms with van der Waals surface area (Å²) in [5.41, 5.74) is 4.15. The van der Waals surface area contributed by atoms with Gasteiger partial charge in [-0.15, -0.1) is 0 Å².